The van der Waals surface area contributed by atoms with E-state index in [1.165, 1.54) is 0 Å². The Morgan fingerprint density at radius 3 is 2.31 bits per heavy atom. The Hall–Kier alpha value is -0.760. The molecule has 88 valence electrons. The van der Waals surface area contributed by atoms with Crippen molar-refractivity contribution in [3.63, 3.8) is 0 Å². The molecule has 1 atom stereocenters. The minimum absolute atomic E-state index is 0.00109. The number of rotatable bonds is 5. The summed E-state index contributed by atoms with van der Waals surface area (Å²) in [4.78, 5) is 0. The van der Waals surface area contributed by atoms with Gasteiger partial charge < -0.3 is 0 Å². The van der Waals surface area contributed by atoms with Crippen LogP contribution in [0.25, 0.3) is 0 Å². The summed E-state index contributed by atoms with van der Waals surface area (Å²) >= 11 is 0. The standard InChI is InChI=1S/C12H18O3P/c1-12(2,3)10-15-16(13)14-9-11-7-5-4-6-8-11/h4-8H,9-10H2,1-3H3/q+1. The van der Waals surface area contributed by atoms with Gasteiger partial charge in [0.25, 0.3) is 0 Å². The molecule has 4 heteroatoms. The molecule has 0 spiro atoms. The van der Waals surface area contributed by atoms with Gasteiger partial charge in [0.05, 0.1) is 0 Å². The van der Waals surface area contributed by atoms with Crippen molar-refractivity contribution in [1.29, 1.82) is 0 Å². The van der Waals surface area contributed by atoms with Gasteiger partial charge >= 0.3 is 8.25 Å². The Labute approximate surface area is 97.7 Å². The van der Waals surface area contributed by atoms with Crippen molar-refractivity contribution in [2.75, 3.05) is 6.61 Å². The summed E-state index contributed by atoms with van der Waals surface area (Å²) in [6.45, 7) is 6.81. The maximum Gasteiger partial charge on any atom is 0.697 e. The van der Waals surface area contributed by atoms with Crippen molar-refractivity contribution in [3.05, 3.63) is 35.9 Å². The van der Waals surface area contributed by atoms with Gasteiger partial charge in [0.2, 0.25) is 0 Å². The molecule has 0 heterocycles. The molecule has 0 aromatic heterocycles. The molecule has 0 bridgehead atoms. The normalized spacial score (nSPS) is 12.6. The largest absolute Gasteiger partial charge is 0.697 e. The molecule has 1 rings (SSSR count). The molecule has 0 fully saturated rings. The minimum atomic E-state index is -2.02. The van der Waals surface area contributed by atoms with E-state index in [0.29, 0.717) is 13.2 Å². The van der Waals surface area contributed by atoms with Crippen LogP contribution in [-0.4, -0.2) is 6.61 Å². The first-order chi connectivity index (χ1) is 7.47. The van der Waals surface area contributed by atoms with Crippen molar-refractivity contribution in [2.45, 2.75) is 27.4 Å². The Kier molecular flexibility index (Phi) is 5.07. The van der Waals surface area contributed by atoms with E-state index in [1.807, 2.05) is 51.1 Å². The average Bonchev–Trinajstić information content (AvgIpc) is 2.24. The van der Waals surface area contributed by atoms with Crippen LogP contribution in [0.2, 0.25) is 0 Å². The lowest BCUT2D eigenvalue weighted by atomic mass is 9.99. The van der Waals surface area contributed by atoms with Crippen LogP contribution >= 0.6 is 8.25 Å². The molecule has 0 saturated carbocycles. The monoisotopic (exact) mass is 241 g/mol. The van der Waals surface area contributed by atoms with Crippen LogP contribution in [0.1, 0.15) is 26.3 Å². The zero-order chi connectivity index (χ0) is 12.0. The first-order valence-corrected chi connectivity index (χ1v) is 6.34. The quantitative estimate of drug-likeness (QED) is 0.733. The van der Waals surface area contributed by atoms with E-state index < -0.39 is 8.25 Å². The molecular formula is C12H18O3P+. The minimum Gasteiger partial charge on any atom is -0.119 e. The van der Waals surface area contributed by atoms with Crippen LogP contribution in [0.5, 0.6) is 0 Å². The summed E-state index contributed by atoms with van der Waals surface area (Å²) in [6.07, 6.45) is 0. The number of benzene rings is 1. The molecule has 0 N–H and O–H groups in total. The molecule has 0 amide bonds. The predicted molar refractivity (Wildman–Crippen MR) is 64.2 cm³/mol. The number of hydrogen-bond acceptors (Lipinski definition) is 3. The third-order valence-corrected chi connectivity index (χ3v) is 2.46. The second-order valence-corrected chi connectivity index (χ2v) is 5.78. The molecule has 0 aliphatic carbocycles. The molecule has 0 saturated heterocycles. The van der Waals surface area contributed by atoms with Crippen LogP contribution in [0.15, 0.2) is 30.3 Å². The van der Waals surface area contributed by atoms with Gasteiger partial charge in [-0.05, 0) is 11.0 Å². The first-order valence-electron chi connectivity index (χ1n) is 5.24. The zero-order valence-electron chi connectivity index (χ0n) is 9.97. The highest BCUT2D eigenvalue weighted by molar-refractivity contribution is 7.33. The summed E-state index contributed by atoms with van der Waals surface area (Å²) in [7, 11) is -2.02. The summed E-state index contributed by atoms with van der Waals surface area (Å²) in [6, 6.07) is 9.61. The number of hydrogen-bond donors (Lipinski definition) is 0. The van der Waals surface area contributed by atoms with Gasteiger partial charge in [0, 0.05) is 4.57 Å². The molecule has 16 heavy (non-hydrogen) atoms. The molecule has 1 unspecified atom stereocenters. The summed E-state index contributed by atoms with van der Waals surface area (Å²) in [5.74, 6) is 0. The predicted octanol–water partition coefficient (Wildman–Crippen LogP) is 3.92. The van der Waals surface area contributed by atoms with E-state index in [4.69, 9.17) is 9.05 Å². The summed E-state index contributed by atoms with van der Waals surface area (Å²) in [5.41, 5.74) is 0.992. The Balaban J connectivity index is 2.26. The molecule has 1 aromatic carbocycles. The van der Waals surface area contributed by atoms with Gasteiger partial charge in [-0.15, -0.1) is 9.05 Å². The third-order valence-electron chi connectivity index (χ3n) is 1.78. The van der Waals surface area contributed by atoms with Crippen molar-refractivity contribution in [3.8, 4) is 0 Å². The second kappa shape index (κ2) is 6.09. The lowest BCUT2D eigenvalue weighted by molar-refractivity contribution is 0.162. The smallest absolute Gasteiger partial charge is 0.119 e. The van der Waals surface area contributed by atoms with E-state index in [-0.39, 0.29) is 5.41 Å². The Morgan fingerprint density at radius 1 is 1.12 bits per heavy atom. The average molecular weight is 241 g/mol. The van der Waals surface area contributed by atoms with Crippen molar-refractivity contribution in [1.82, 2.24) is 0 Å². The lowest BCUT2D eigenvalue weighted by Crippen LogP contribution is -2.12. The van der Waals surface area contributed by atoms with E-state index in [9.17, 15) is 4.57 Å². The maximum absolute atomic E-state index is 11.4. The lowest BCUT2D eigenvalue weighted by Gasteiger charge is -2.12. The van der Waals surface area contributed by atoms with Gasteiger partial charge in [-0.3, -0.25) is 0 Å². The van der Waals surface area contributed by atoms with Crippen LogP contribution < -0.4 is 0 Å². The fourth-order valence-electron chi connectivity index (χ4n) is 0.985. The van der Waals surface area contributed by atoms with E-state index in [2.05, 4.69) is 0 Å². The second-order valence-electron chi connectivity index (χ2n) is 4.82. The van der Waals surface area contributed by atoms with Gasteiger partial charge in [0.1, 0.15) is 13.2 Å². The van der Waals surface area contributed by atoms with Crippen LogP contribution in [0, 0.1) is 5.41 Å². The third kappa shape index (κ3) is 5.96. The Bertz CT molecular complexity index is 330. The summed E-state index contributed by atoms with van der Waals surface area (Å²) < 4.78 is 21.6. The van der Waals surface area contributed by atoms with Crippen molar-refractivity contribution >= 4 is 8.25 Å². The summed E-state index contributed by atoms with van der Waals surface area (Å²) in [5, 5.41) is 0. The molecule has 0 aliphatic rings. The Morgan fingerprint density at radius 2 is 1.75 bits per heavy atom. The molecular weight excluding hydrogens is 223 g/mol. The van der Waals surface area contributed by atoms with Gasteiger partial charge in [-0.1, -0.05) is 51.1 Å². The fourth-order valence-corrected chi connectivity index (χ4v) is 1.81. The fraction of sp³-hybridized carbons (Fsp3) is 0.500. The van der Waals surface area contributed by atoms with E-state index >= 15 is 0 Å². The van der Waals surface area contributed by atoms with Crippen LogP contribution in [0.4, 0.5) is 0 Å². The molecule has 0 aliphatic heterocycles. The van der Waals surface area contributed by atoms with Gasteiger partial charge in [-0.25, -0.2) is 0 Å². The SMILES string of the molecule is CC(C)(C)CO[P+](=O)OCc1ccccc1. The van der Waals surface area contributed by atoms with Gasteiger partial charge in [-0.2, -0.15) is 0 Å². The van der Waals surface area contributed by atoms with E-state index in [1.54, 1.807) is 0 Å². The van der Waals surface area contributed by atoms with Crippen molar-refractivity contribution < 1.29 is 13.6 Å². The molecule has 1 aromatic rings. The van der Waals surface area contributed by atoms with E-state index in [0.717, 1.165) is 5.56 Å². The van der Waals surface area contributed by atoms with Gasteiger partial charge in [0.15, 0.2) is 0 Å². The topological polar surface area (TPSA) is 35.5 Å². The highest BCUT2D eigenvalue weighted by Gasteiger charge is 2.24. The van der Waals surface area contributed by atoms with Crippen LogP contribution in [0.3, 0.4) is 0 Å². The van der Waals surface area contributed by atoms with Crippen LogP contribution in [-0.2, 0) is 20.2 Å². The molecule has 0 radical (unpaired) electrons. The molecule has 3 nitrogen and oxygen atoms in total. The maximum atomic E-state index is 11.4. The zero-order valence-corrected chi connectivity index (χ0v) is 10.9. The highest BCUT2D eigenvalue weighted by Crippen LogP contribution is 2.29. The van der Waals surface area contributed by atoms with Crippen molar-refractivity contribution in [2.24, 2.45) is 5.41 Å². The first kappa shape index (κ1) is 13.3. The highest BCUT2D eigenvalue weighted by atomic mass is 31.1.